The summed E-state index contributed by atoms with van der Waals surface area (Å²) in [5, 5.41) is 22.3. The van der Waals surface area contributed by atoms with Gasteiger partial charge in [0, 0.05) is 24.7 Å². The lowest BCUT2D eigenvalue weighted by Crippen LogP contribution is -2.37. The molecule has 0 spiro atoms. The Bertz CT molecular complexity index is 1160. The van der Waals surface area contributed by atoms with E-state index in [1.807, 2.05) is 0 Å². The molecule has 0 fully saturated rings. The Kier molecular flexibility index (Phi) is 9.43. The molecule has 9 nitrogen and oxygen atoms in total. The summed E-state index contributed by atoms with van der Waals surface area (Å²) in [5.74, 6) is -2.76. The zero-order valence-corrected chi connectivity index (χ0v) is 20.9. The molecular formula is C26H31FN2O7. The number of rotatable bonds is 10. The Hall–Kier alpha value is -4.08. The first kappa shape index (κ1) is 28.2. The van der Waals surface area contributed by atoms with Crippen molar-refractivity contribution in [3.8, 4) is 11.5 Å². The zero-order valence-electron chi connectivity index (χ0n) is 20.9. The molecule has 0 aliphatic carbocycles. The number of anilines is 1. The molecule has 0 aromatic heterocycles. The fraction of sp³-hybridized carbons (Fsp3) is 0.346. The van der Waals surface area contributed by atoms with Crippen LogP contribution in [0.3, 0.4) is 0 Å². The van der Waals surface area contributed by atoms with Crippen molar-refractivity contribution in [3.63, 3.8) is 0 Å². The molecule has 0 atom stereocenters. The molecule has 3 N–H and O–H groups in total. The van der Waals surface area contributed by atoms with E-state index in [-0.39, 0.29) is 30.2 Å². The summed E-state index contributed by atoms with van der Waals surface area (Å²) in [4.78, 5) is 36.6. The molecule has 2 aromatic rings. The Morgan fingerprint density at radius 2 is 1.83 bits per heavy atom. The SMILES string of the molecule is CNc1c(O)ccc(CCN(Cc2ccc(C(=O)O)c(F)c2OC)C(=O)OC(C)(C)C)c1/C=C\C=O. The molecule has 0 aliphatic heterocycles. The van der Waals surface area contributed by atoms with Gasteiger partial charge in [-0.2, -0.15) is 0 Å². The standard InChI is InChI=1S/C26H31FN2O7/c1-26(2,3)36-25(34)29(15-17-8-10-19(24(32)33)21(27)23(17)35-5)13-12-16-9-11-20(31)22(28-4)18(16)7-6-14-30/h6-11,14,28,31H,12-13,15H2,1-5H3,(H,32,33)/b7-6-. The van der Waals surface area contributed by atoms with E-state index < -0.39 is 29.0 Å². The van der Waals surface area contributed by atoms with Gasteiger partial charge in [0.1, 0.15) is 17.6 Å². The average Bonchev–Trinajstić information content (AvgIpc) is 2.79. The van der Waals surface area contributed by atoms with Crippen molar-refractivity contribution in [1.82, 2.24) is 4.90 Å². The number of allylic oxidation sites excluding steroid dienone is 1. The molecule has 0 saturated carbocycles. The summed E-state index contributed by atoms with van der Waals surface area (Å²) >= 11 is 0. The molecule has 10 heteroatoms. The topological polar surface area (TPSA) is 125 Å². The van der Waals surface area contributed by atoms with E-state index in [2.05, 4.69) is 5.32 Å². The zero-order chi connectivity index (χ0) is 27.0. The number of carbonyl (C=O) groups excluding carboxylic acids is 2. The number of aldehydes is 1. The predicted molar refractivity (Wildman–Crippen MR) is 133 cm³/mol. The van der Waals surface area contributed by atoms with Gasteiger partial charge in [0.15, 0.2) is 11.6 Å². The van der Waals surface area contributed by atoms with Crippen LogP contribution in [0.5, 0.6) is 11.5 Å². The van der Waals surface area contributed by atoms with Gasteiger partial charge in [0.05, 0.1) is 24.9 Å². The van der Waals surface area contributed by atoms with Crippen LogP contribution in [0.4, 0.5) is 14.9 Å². The van der Waals surface area contributed by atoms with E-state index in [9.17, 15) is 29.0 Å². The minimum atomic E-state index is -1.44. The first-order valence-corrected chi connectivity index (χ1v) is 11.1. The number of carboxylic acids is 1. The van der Waals surface area contributed by atoms with Crippen molar-refractivity contribution in [2.24, 2.45) is 0 Å². The summed E-state index contributed by atoms with van der Waals surface area (Å²) in [6.45, 7) is 5.15. The highest BCUT2D eigenvalue weighted by atomic mass is 19.1. The molecule has 36 heavy (non-hydrogen) atoms. The van der Waals surface area contributed by atoms with E-state index in [1.165, 1.54) is 30.2 Å². The number of benzene rings is 2. The molecule has 0 bridgehead atoms. The maximum Gasteiger partial charge on any atom is 0.410 e. The smallest absolute Gasteiger partial charge is 0.410 e. The summed E-state index contributed by atoms with van der Waals surface area (Å²) in [7, 11) is 2.85. The third-order valence-corrected chi connectivity index (χ3v) is 5.18. The Labute approximate surface area is 209 Å². The number of nitrogens with zero attached hydrogens (tertiary/aromatic N) is 1. The Morgan fingerprint density at radius 1 is 1.17 bits per heavy atom. The number of carboxylic acid groups (broad SMARTS) is 1. The van der Waals surface area contributed by atoms with Gasteiger partial charge >= 0.3 is 12.1 Å². The lowest BCUT2D eigenvalue weighted by Gasteiger charge is -2.28. The third kappa shape index (κ3) is 6.97. The highest BCUT2D eigenvalue weighted by molar-refractivity contribution is 5.88. The van der Waals surface area contributed by atoms with Crippen molar-refractivity contribution < 1.29 is 38.5 Å². The van der Waals surface area contributed by atoms with E-state index >= 15 is 0 Å². The van der Waals surface area contributed by atoms with Gasteiger partial charge in [-0.1, -0.05) is 12.1 Å². The summed E-state index contributed by atoms with van der Waals surface area (Å²) in [6.07, 6.45) is 3.09. The summed E-state index contributed by atoms with van der Waals surface area (Å²) in [5.41, 5.74) is 0.630. The quantitative estimate of drug-likeness (QED) is 0.247. The second-order valence-electron chi connectivity index (χ2n) is 8.85. The van der Waals surface area contributed by atoms with E-state index in [1.54, 1.807) is 40.0 Å². The normalized spacial score (nSPS) is 11.3. The Balaban J connectivity index is 2.45. The van der Waals surface area contributed by atoms with Crippen molar-refractivity contribution in [1.29, 1.82) is 0 Å². The highest BCUT2D eigenvalue weighted by Gasteiger charge is 2.26. The number of methoxy groups -OCH3 is 1. The van der Waals surface area contributed by atoms with Crippen molar-refractivity contribution in [2.75, 3.05) is 26.0 Å². The second-order valence-corrected chi connectivity index (χ2v) is 8.85. The molecule has 2 aromatic carbocycles. The van der Waals surface area contributed by atoms with Gasteiger partial charge in [-0.25, -0.2) is 14.0 Å². The maximum atomic E-state index is 14.7. The fourth-order valence-corrected chi connectivity index (χ4v) is 3.59. The first-order valence-electron chi connectivity index (χ1n) is 11.1. The Morgan fingerprint density at radius 3 is 2.39 bits per heavy atom. The molecule has 0 aliphatic rings. The predicted octanol–water partition coefficient (Wildman–Crippen LogP) is 4.47. The van der Waals surface area contributed by atoms with Crippen LogP contribution in [0.15, 0.2) is 30.3 Å². The van der Waals surface area contributed by atoms with E-state index in [4.69, 9.17) is 9.47 Å². The van der Waals surface area contributed by atoms with Crippen LogP contribution in [0.25, 0.3) is 6.08 Å². The molecule has 0 heterocycles. The minimum absolute atomic E-state index is 0.00507. The number of halogens is 1. The van der Waals surface area contributed by atoms with Crippen LogP contribution >= 0.6 is 0 Å². The van der Waals surface area contributed by atoms with Gasteiger partial charge in [0.2, 0.25) is 0 Å². The number of ether oxygens (including phenoxy) is 2. The lowest BCUT2D eigenvalue weighted by molar-refractivity contribution is -0.104. The van der Waals surface area contributed by atoms with Gasteiger partial charge in [-0.15, -0.1) is 0 Å². The fourth-order valence-electron chi connectivity index (χ4n) is 3.59. The van der Waals surface area contributed by atoms with E-state index in [0.29, 0.717) is 24.0 Å². The molecule has 0 unspecified atom stereocenters. The number of carbonyl (C=O) groups is 3. The number of nitrogens with one attached hydrogen (secondary N) is 1. The van der Waals surface area contributed by atoms with Crippen LogP contribution in [-0.2, 0) is 22.5 Å². The van der Waals surface area contributed by atoms with Crippen molar-refractivity contribution >= 4 is 30.1 Å². The van der Waals surface area contributed by atoms with Gasteiger partial charge in [-0.3, -0.25) is 4.79 Å². The number of phenolic OH excluding ortho intramolecular Hbond substituents is 1. The number of aromatic hydroxyl groups is 1. The van der Waals surface area contributed by atoms with E-state index in [0.717, 1.165) is 11.6 Å². The maximum absolute atomic E-state index is 14.7. The minimum Gasteiger partial charge on any atom is -0.506 e. The number of hydrogen-bond donors (Lipinski definition) is 3. The van der Waals surface area contributed by atoms with Gasteiger partial charge in [0.25, 0.3) is 0 Å². The monoisotopic (exact) mass is 502 g/mol. The van der Waals surface area contributed by atoms with Gasteiger partial charge in [-0.05, 0) is 57.0 Å². The van der Waals surface area contributed by atoms with Crippen LogP contribution in [0, 0.1) is 5.82 Å². The summed E-state index contributed by atoms with van der Waals surface area (Å²) in [6, 6.07) is 5.68. The number of aromatic carboxylic acids is 1. The second kappa shape index (κ2) is 12.1. The molecule has 0 saturated heterocycles. The molecule has 194 valence electrons. The van der Waals surface area contributed by atoms with Crippen LogP contribution in [0.1, 0.15) is 47.8 Å². The molecule has 1 amide bonds. The number of hydrogen-bond acceptors (Lipinski definition) is 7. The largest absolute Gasteiger partial charge is 0.506 e. The molecular weight excluding hydrogens is 471 g/mol. The molecule has 0 radical (unpaired) electrons. The third-order valence-electron chi connectivity index (χ3n) is 5.18. The van der Waals surface area contributed by atoms with Crippen molar-refractivity contribution in [2.45, 2.75) is 39.3 Å². The molecule has 2 rings (SSSR count). The van der Waals surface area contributed by atoms with Crippen LogP contribution < -0.4 is 10.1 Å². The van der Waals surface area contributed by atoms with Crippen LogP contribution in [0.2, 0.25) is 0 Å². The van der Waals surface area contributed by atoms with Gasteiger partial charge < -0.3 is 29.9 Å². The summed E-state index contributed by atoms with van der Waals surface area (Å²) < 4.78 is 25.4. The number of phenols is 1. The number of amides is 1. The average molecular weight is 503 g/mol. The lowest BCUT2D eigenvalue weighted by atomic mass is 10.0. The highest BCUT2D eigenvalue weighted by Crippen LogP contribution is 2.32. The van der Waals surface area contributed by atoms with Crippen LogP contribution in [-0.4, -0.2) is 59.8 Å². The first-order chi connectivity index (χ1) is 16.9. The van der Waals surface area contributed by atoms with Crippen molar-refractivity contribution in [3.05, 3.63) is 58.4 Å².